The topological polar surface area (TPSA) is 28.1 Å². The van der Waals surface area contributed by atoms with E-state index in [0.29, 0.717) is 22.8 Å². The molecule has 0 bridgehead atoms. The zero-order chi connectivity index (χ0) is 17.9. The lowest BCUT2D eigenvalue weighted by molar-refractivity contribution is 0.0739. The van der Waals surface area contributed by atoms with E-state index in [1.165, 1.54) is 0 Å². The van der Waals surface area contributed by atoms with Crippen LogP contribution in [-0.4, -0.2) is 43.3 Å². The molecule has 1 saturated heterocycles. The predicted octanol–water partition coefficient (Wildman–Crippen LogP) is 4.66. The Morgan fingerprint density at radius 1 is 1.08 bits per heavy atom. The Bertz CT molecular complexity index is 791. The third kappa shape index (κ3) is 3.89. The van der Waals surface area contributed by atoms with E-state index in [0.717, 1.165) is 49.7 Å². The second kappa shape index (κ2) is 7.97. The molecule has 2 aliphatic heterocycles. The molecule has 6 heteroatoms. The van der Waals surface area contributed by atoms with Gasteiger partial charge in [0.2, 0.25) is 0 Å². The van der Waals surface area contributed by atoms with Crippen molar-refractivity contribution >= 4 is 34.7 Å². The van der Waals surface area contributed by atoms with E-state index in [1.807, 2.05) is 36.4 Å². The maximum Gasteiger partial charge on any atom is 0.137 e. The van der Waals surface area contributed by atoms with Gasteiger partial charge in [-0.3, -0.25) is 9.89 Å². The van der Waals surface area contributed by atoms with Crippen molar-refractivity contribution in [3.63, 3.8) is 0 Å². The van der Waals surface area contributed by atoms with E-state index < -0.39 is 0 Å². The molecule has 0 amide bonds. The van der Waals surface area contributed by atoms with Crippen molar-refractivity contribution in [2.45, 2.75) is 18.9 Å². The smallest absolute Gasteiger partial charge is 0.137 e. The van der Waals surface area contributed by atoms with Crippen molar-refractivity contribution < 1.29 is 4.74 Å². The van der Waals surface area contributed by atoms with E-state index in [4.69, 9.17) is 32.9 Å². The SMILES string of the molecule is Clc1ccc(N2CN(C[C@@H]3CCCO3)CN=C2c2ccccc2)cc1Cl. The molecule has 4 nitrogen and oxygen atoms in total. The van der Waals surface area contributed by atoms with Gasteiger partial charge in [0.15, 0.2) is 0 Å². The third-order valence-electron chi connectivity index (χ3n) is 4.75. The summed E-state index contributed by atoms with van der Waals surface area (Å²) in [5, 5.41) is 1.11. The molecule has 0 N–H and O–H groups in total. The molecule has 2 heterocycles. The summed E-state index contributed by atoms with van der Waals surface area (Å²) in [6.45, 7) is 3.17. The van der Waals surface area contributed by atoms with Gasteiger partial charge >= 0.3 is 0 Å². The molecule has 0 saturated carbocycles. The average Bonchev–Trinajstić information content (AvgIpc) is 3.18. The lowest BCUT2D eigenvalue weighted by Crippen LogP contribution is -2.48. The molecule has 136 valence electrons. The van der Waals surface area contributed by atoms with Crippen LogP contribution in [0.4, 0.5) is 5.69 Å². The monoisotopic (exact) mass is 389 g/mol. The van der Waals surface area contributed by atoms with Crippen LogP contribution in [0.2, 0.25) is 10.0 Å². The molecule has 2 aromatic rings. The van der Waals surface area contributed by atoms with Gasteiger partial charge in [-0.25, -0.2) is 0 Å². The number of hydrogen-bond donors (Lipinski definition) is 0. The Morgan fingerprint density at radius 3 is 2.65 bits per heavy atom. The van der Waals surface area contributed by atoms with Crippen LogP contribution in [0.5, 0.6) is 0 Å². The Kier molecular flexibility index (Phi) is 5.46. The van der Waals surface area contributed by atoms with Crippen molar-refractivity contribution in [2.75, 3.05) is 31.4 Å². The first-order valence-electron chi connectivity index (χ1n) is 8.87. The largest absolute Gasteiger partial charge is 0.377 e. The standard InChI is InChI=1S/C20H21Cl2N3O/c21-18-9-8-16(11-19(18)22)25-14-24(12-17-7-4-10-26-17)13-23-20(25)15-5-2-1-3-6-15/h1-3,5-6,8-9,11,17H,4,7,10,12-14H2/t17-/m0/s1. The molecule has 0 aromatic heterocycles. The fraction of sp³-hybridized carbons (Fsp3) is 0.350. The third-order valence-corrected chi connectivity index (χ3v) is 5.49. The van der Waals surface area contributed by atoms with E-state index >= 15 is 0 Å². The molecule has 1 atom stereocenters. The maximum absolute atomic E-state index is 6.27. The van der Waals surface area contributed by atoms with Gasteiger partial charge in [0.25, 0.3) is 0 Å². The van der Waals surface area contributed by atoms with Gasteiger partial charge < -0.3 is 9.64 Å². The highest BCUT2D eigenvalue weighted by Gasteiger charge is 2.26. The second-order valence-corrected chi connectivity index (χ2v) is 7.46. The summed E-state index contributed by atoms with van der Waals surface area (Å²) in [6, 6.07) is 16.0. The first-order chi connectivity index (χ1) is 12.7. The number of amidine groups is 1. The average molecular weight is 390 g/mol. The van der Waals surface area contributed by atoms with Crippen LogP contribution < -0.4 is 4.90 Å². The van der Waals surface area contributed by atoms with Crippen LogP contribution in [0.25, 0.3) is 0 Å². The Balaban J connectivity index is 1.64. The van der Waals surface area contributed by atoms with Gasteiger partial charge in [-0.15, -0.1) is 0 Å². The molecule has 2 aromatic carbocycles. The van der Waals surface area contributed by atoms with Gasteiger partial charge in [-0.2, -0.15) is 0 Å². The Labute approximate surface area is 164 Å². The molecule has 0 spiro atoms. The van der Waals surface area contributed by atoms with Crippen molar-refractivity contribution in [3.8, 4) is 0 Å². The number of benzene rings is 2. The second-order valence-electron chi connectivity index (χ2n) is 6.65. The zero-order valence-electron chi connectivity index (χ0n) is 14.4. The highest BCUT2D eigenvalue weighted by atomic mass is 35.5. The lowest BCUT2D eigenvalue weighted by atomic mass is 10.1. The van der Waals surface area contributed by atoms with Crippen LogP contribution >= 0.6 is 23.2 Å². The van der Waals surface area contributed by atoms with E-state index in [2.05, 4.69) is 21.9 Å². The molecule has 1 fully saturated rings. The van der Waals surface area contributed by atoms with Gasteiger partial charge in [0.05, 0.1) is 29.5 Å². The first-order valence-corrected chi connectivity index (χ1v) is 9.63. The number of aliphatic imine (C=N–C) groups is 1. The quantitative estimate of drug-likeness (QED) is 0.761. The van der Waals surface area contributed by atoms with Crippen LogP contribution in [0.1, 0.15) is 18.4 Å². The minimum absolute atomic E-state index is 0.305. The fourth-order valence-corrected chi connectivity index (χ4v) is 3.74. The summed E-state index contributed by atoms with van der Waals surface area (Å²) in [7, 11) is 0. The number of nitrogens with zero attached hydrogens (tertiary/aromatic N) is 3. The molecule has 0 radical (unpaired) electrons. The van der Waals surface area contributed by atoms with Crippen molar-refractivity contribution in [1.82, 2.24) is 4.90 Å². The molecule has 2 aliphatic rings. The number of anilines is 1. The highest BCUT2D eigenvalue weighted by Crippen LogP contribution is 2.29. The van der Waals surface area contributed by atoms with E-state index in [9.17, 15) is 0 Å². The first kappa shape index (κ1) is 17.8. The normalized spacial score (nSPS) is 21.1. The number of ether oxygens (including phenoxy) is 1. The molecule has 0 unspecified atom stereocenters. The number of hydrogen-bond acceptors (Lipinski definition) is 4. The maximum atomic E-state index is 6.27. The van der Waals surface area contributed by atoms with Crippen LogP contribution in [0.15, 0.2) is 53.5 Å². The van der Waals surface area contributed by atoms with Gasteiger partial charge in [0, 0.05) is 24.4 Å². The van der Waals surface area contributed by atoms with Crippen molar-refractivity contribution in [1.29, 1.82) is 0 Å². The molecular weight excluding hydrogens is 369 g/mol. The highest BCUT2D eigenvalue weighted by molar-refractivity contribution is 6.42. The Hall–Kier alpha value is -1.59. The zero-order valence-corrected chi connectivity index (χ0v) is 16.0. The summed E-state index contributed by atoms with van der Waals surface area (Å²) >= 11 is 12.4. The summed E-state index contributed by atoms with van der Waals surface area (Å²) in [5.74, 6) is 0.951. The molecule has 26 heavy (non-hydrogen) atoms. The van der Waals surface area contributed by atoms with E-state index in [1.54, 1.807) is 0 Å². The summed E-state index contributed by atoms with van der Waals surface area (Å²) in [6.07, 6.45) is 2.57. The minimum Gasteiger partial charge on any atom is -0.377 e. The van der Waals surface area contributed by atoms with E-state index in [-0.39, 0.29) is 0 Å². The number of halogens is 2. The van der Waals surface area contributed by atoms with Gasteiger partial charge in [0.1, 0.15) is 5.84 Å². The summed E-state index contributed by atoms with van der Waals surface area (Å²) in [5.41, 5.74) is 2.08. The van der Waals surface area contributed by atoms with Crippen LogP contribution in [0, 0.1) is 0 Å². The van der Waals surface area contributed by atoms with Gasteiger partial charge in [-0.05, 0) is 31.0 Å². The summed E-state index contributed by atoms with van der Waals surface area (Å²) < 4.78 is 5.80. The van der Waals surface area contributed by atoms with Gasteiger partial charge in [-0.1, -0.05) is 53.5 Å². The fourth-order valence-electron chi connectivity index (χ4n) is 3.45. The Morgan fingerprint density at radius 2 is 1.92 bits per heavy atom. The molecular formula is C20H21Cl2N3O. The molecule has 4 rings (SSSR count). The van der Waals surface area contributed by atoms with Crippen LogP contribution in [0.3, 0.4) is 0 Å². The molecule has 0 aliphatic carbocycles. The number of rotatable bonds is 4. The lowest BCUT2D eigenvalue weighted by Gasteiger charge is -2.37. The van der Waals surface area contributed by atoms with Crippen molar-refractivity contribution in [3.05, 3.63) is 64.1 Å². The predicted molar refractivity (Wildman–Crippen MR) is 107 cm³/mol. The van der Waals surface area contributed by atoms with Crippen molar-refractivity contribution in [2.24, 2.45) is 4.99 Å². The minimum atomic E-state index is 0.305. The van der Waals surface area contributed by atoms with Crippen LogP contribution in [-0.2, 0) is 4.74 Å². The summed E-state index contributed by atoms with van der Waals surface area (Å²) in [4.78, 5) is 9.37.